The zero-order valence-corrected chi connectivity index (χ0v) is 12.3. The molecule has 1 aliphatic heterocycles. The van der Waals surface area contributed by atoms with Gasteiger partial charge in [0.25, 0.3) is 11.8 Å². The Labute approximate surface area is 134 Å². The van der Waals surface area contributed by atoms with Gasteiger partial charge in [0.05, 0.1) is 24.4 Å². The Morgan fingerprint density at radius 2 is 1.75 bits per heavy atom. The van der Waals surface area contributed by atoms with Crippen molar-refractivity contribution < 1.29 is 28.8 Å². The predicted molar refractivity (Wildman–Crippen MR) is 74.4 cm³/mol. The van der Waals surface area contributed by atoms with Gasteiger partial charge in [0, 0.05) is 0 Å². The number of aromatic nitrogens is 3. The third-order valence-corrected chi connectivity index (χ3v) is 3.17. The van der Waals surface area contributed by atoms with Crippen LogP contribution in [0.15, 0.2) is 30.5 Å². The van der Waals surface area contributed by atoms with Crippen LogP contribution in [0.25, 0.3) is 0 Å². The maximum atomic E-state index is 12.1. The number of hydroxylamine groups is 2. The summed E-state index contributed by atoms with van der Waals surface area (Å²) in [6, 6.07) is 6.12. The van der Waals surface area contributed by atoms with Crippen LogP contribution in [0, 0.1) is 0 Å². The molecular formula is C14H10N4O6. The van der Waals surface area contributed by atoms with E-state index in [1.54, 1.807) is 12.1 Å². The molecule has 0 aliphatic carbocycles. The van der Waals surface area contributed by atoms with E-state index in [0.717, 1.165) is 4.68 Å². The fourth-order valence-electron chi connectivity index (χ4n) is 2.09. The number of nitrogens with zero attached hydrogens (tertiary/aromatic N) is 4. The molecule has 0 bridgehead atoms. The second kappa shape index (κ2) is 5.91. The predicted octanol–water partition coefficient (Wildman–Crippen LogP) is -0.181. The van der Waals surface area contributed by atoms with Gasteiger partial charge in [-0.15, -0.1) is 5.10 Å². The number of hydrogen-bond acceptors (Lipinski definition) is 8. The molecule has 0 saturated carbocycles. The molecule has 3 rings (SSSR count). The van der Waals surface area contributed by atoms with Crippen LogP contribution in [0.5, 0.6) is 0 Å². The average molecular weight is 330 g/mol. The first-order valence-corrected chi connectivity index (χ1v) is 6.68. The van der Waals surface area contributed by atoms with E-state index in [-0.39, 0.29) is 16.8 Å². The molecule has 0 fully saturated rings. The van der Waals surface area contributed by atoms with Gasteiger partial charge in [-0.1, -0.05) is 22.4 Å². The van der Waals surface area contributed by atoms with Crippen molar-refractivity contribution in [1.29, 1.82) is 0 Å². The Morgan fingerprint density at radius 3 is 2.33 bits per heavy atom. The summed E-state index contributed by atoms with van der Waals surface area (Å²) in [5.74, 6) is -3.09. The molecule has 1 aromatic heterocycles. The van der Waals surface area contributed by atoms with E-state index in [9.17, 15) is 19.2 Å². The Balaban J connectivity index is 1.68. The molecule has 2 amide bonds. The zero-order valence-electron chi connectivity index (χ0n) is 12.3. The van der Waals surface area contributed by atoms with E-state index in [1.807, 2.05) is 0 Å². The molecule has 0 unspecified atom stereocenters. The Hall–Kier alpha value is -3.56. The van der Waals surface area contributed by atoms with Crippen LogP contribution in [0.4, 0.5) is 0 Å². The van der Waals surface area contributed by atoms with Crippen LogP contribution >= 0.6 is 0 Å². The molecule has 10 heteroatoms. The molecule has 2 aromatic rings. The normalized spacial score (nSPS) is 13.0. The monoisotopic (exact) mass is 330 g/mol. The highest BCUT2D eigenvalue weighted by atomic mass is 16.7. The third kappa shape index (κ3) is 2.60. The standard InChI is InChI=1S/C14H10N4O6/c1-23-14(22)10-6-17(16-15-10)7-11(19)24-18-12(20)8-4-2-3-5-9(8)13(18)21/h2-6H,7H2,1H3. The van der Waals surface area contributed by atoms with Gasteiger partial charge in [-0.2, -0.15) is 0 Å². The average Bonchev–Trinajstić information content (AvgIpc) is 3.14. The summed E-state index contributed by atoms with van der Waals surface area (Å²) >= 11 is 0. The first-order valence-electron chi connectivity index (χ1n) is 6.68. The Bertz CT molecular complexity index is 823. The lowest BCUT2D eigenvalue weighted by Gasteiger charge is -2.12. The van der Waals surface area contributed by atoms with Gasteiger partial charge < -0.3 is 9.57 Å². The SMILES string of the molecule is COC(=O)c1cn(CC(=O)ON2C(=O)c3ccccc3C2=O)nn1. The third-order valence-electron chi connectivity index (χ3n) is 3.17. The molecule has 122 valence electrons. The number of imide groups is 1. The van der Waals surface area contributed by atoms with Crippen molar-refractivity contribution >= 4 is 23.8 Å². The largest absolute Gasteiger partial charge is 0.464 e. The van der Waals surface area contributed by atoms with Crippen LogP contribution in [0.3, 0.4) is 0 Å². The lowest BCUT2D eigenvalue weighted by molar-refractivity contribution is -0.169. The summed E-state index contributed by atoms with van der Waals surface area (Å²) in [5.41, 5.74) is 0.221. The van der Waals surface area contributed by atoms with Crippen molar-refractivity contribution in [2.75, 3.05) is 7.11 Å². The highest BCUT2D eigenvalue weighted by Gasteiger charge is 2.38. The molecule has 24 heavy (non-hydrogen) atoms. The number of carbonyl (C=O) groups is 4. The van der Waals surface area contributed by atoms with Gasteiger partial charge in [-0.25, -0.2) is 14.3 Å². The number of fused-ring (bicyclic) bond motifs is 1. The first-order chi connectivity index (χ1) is 11.5. The van der Waals surface area contributed by atoms with Gasteiger partial charge in [0.1, 0.15) is 6.54 Å². The lowest BCUT2D eigenvalue weighted by atomic mass is 10.1. The molecule has 0 spiro atoms. The molecule has 0 N–H and O–H groups in total. The van der Waals surface area contributed by atoms with Crippen molar-refractivity contribution in [3.63, 3.8) is 0 Å². The van der Waals surface area contributed by atoms with Gasteiger partial charge in [-0.3, -0.25) is 9.59 Å². The summed E-state index contributed by atoms with van der Waals surface area (Å²) in [5, 5.41) is 7.47. The topological polar surface area (TPSA) is 121 Å². The minimum absolute atomic E-state index is 0.0916. The second-order valence-electron chi connectivity index (χ2n) is 4.71. The molecular weight excluding hydrogens is 320 g/mol. The molecule has 1 aliphatic rings. The highest BCUT2D eigenvalue weighted by Crippen LogP contribution is 2.22. The lowest BCUT2D eigenvalue weighted by Crippen LogP contribution is -2.34. The number of amides is 2. The number of methoxy groups -OCH3 is 1. The summed E-state index contributed by atoms with van der Waals surface area (Å²) in [4.78, 5) is 52.1. The number of benzene rings is 1. The van der Waals surface area contributed by atoms with Crippen molar-refractivity contribution in [3.8, 4) is 0 Å². The van der Waals surface area contributed by atoms with Crippen LogP contribution in [0.1, 0.15) is 31.2 Å². The van der Waals surface area contributed by atoms with Crippen molar-refractivity contribution in [1.82, 2.24) is 20.1 Å². The maximum absolute atomic E-state index is 12.1. The van der Waals surface area contributed by atoms with Crippen LogP contribution in [-0.2, 0) is 20.9 Å². The van der Waals surface area contributed by atoms with Gasteiger partial charge in [-0.05, 0) is 12.1 Å². The summed E-state index contributed by atoms with van der Waals surface area (Å²) < 4.78 is 5.48. The smallest absolute Gasteiger partial charge is 0.360 e. The van der Waals surface area contributed by atoms with E-state index in [2.05, 4.69) is 15.0 Å². The van der Waals surface area contributed by atoms with E-state index in [4.69, 9.17) is 4.84 Å². The number of esters is 1. The number of rotatable bonds is 4. The van der Waals surface area contributed by atoms with E-state index >= 15 is 0 Å². The van der Waals surface area contributed by atoms with Crippen LogP contribution < -0.4 is 0 Å². The molecule has 0 radical (unpaired) electrons. The molecule has 1 aromatic carbocycles. The minimum Gasteiger partial charge on any atom is -0.464 e. The highest BCUT2D eigenvalue weighted by molar-refractivity contribution is 6.20. The number of carbonyl (C=O) groups excluding carboxylic acids is 4. The zero-order chi connectivity index (χ0) is 17.3. The molecule has 2 heterocycles. The Morgan fingerprint density at radius 1 is 1.12 bits per heavy atom. The van der Waals surface area contributed by atoms with Crippen molar-refractivity contribution in [2.45, 2.75) is 6.54 Å². The first kappa shape index (κ1) is 15.3. The van der Waals surface area contributed by atoms with Crippen LogP contribution in [0.2, 0.25) is 0 Å². The van der Waals surface area contributed by atoms with Gasteiger partial charge in [0.15, 0.2) is 5.69 Å². The fourth-order valence-corrected chi connectivity index (χ4v) is 2.09. The number of hydrogen-bond donors (Lipinski definition) is 0. The van der Waals surface area contributed by atoms with E-state index in [0.29, 0.717) is 5.06 Å². The van der Waals surface area contributed by atoms with Gasteiger partial charge in [0.2, 0.25) is 0 Å². The van der Waals surface area contributed by atoms with Crippen molar-refractivity contribution in [3.05, 3.63) is 47.3 Å². The Kier molecular flexibility index (Phi) is 3.78. The summed E-state index contributed by atoms with van der Waals surface area (Å²) in [6.07, 6.45) is 1.18. The quantitative estimate of drug-likeness (QED) is 0.559. The van der Waals surface area contributed by atoms with E-state index in [1.165, 1.54) is 25.4 Å². The summed E-state index contributed by atoms with van der Waals surface area (Å²) in [6.45, 7) is -0.447. The molecule has 10 nitrogen and oxygen atoms in total. The van der Waals surface area contributed by atoms with E-state index < -0.39 is 30.3 Å². The maximum Gasteiger partial charge on any atom is 0.360 e. The molecule has 0 atom stereocenters. The fraction of sp³-hybridized carbons (Fsp3) is 0.143. The summed E-state index contributed by atoms with van der Waals surface area (Å²) in [7, 11) is 1.18. The number of ether oxygens (including phenoxy) is 1. The second-order valence-corrected chi connectivity index (χ2v) is 4.71. The minimum atomic E-state index is -0.925. The van der Waals surface area contributed by atoms with Crippen LogP contribution in [-0.4, -0.2) is 50.9 Å². The van der Waals surface area contributed by atoms with Gasteiger partial charge >= 0.3 is 11.9 Å². The molecule has 0 saturated heterocycles. The van der Waals surface area contributed by atoms with Crippen molar-refractivity contribution in [2.24, 2.45) is 0 Å².